The number of carboxylic acids is 1. The zero-order chi connectivity index (χ0) is 19.6. The summed E-state index contributed by atoms with van der Waals surface area (Å²) in [6.07, 6.45) is 5.00. The number of allylic oxidation sites excluding steroid dienone is 1. The normalized spacial score (nSPS) is 19.5. The van der Waals surface area contributed by atoms with Crippen molar-refractivity contribution in [3.05, 3.63) is 39.6 Å². The lowest BCUT2D eigenvalue weighted by Crippen LogP contribution is -2.45. The van der Waals surface area contributed by atoms with Gasteiger partial charge in [0.05, 0.1) is 5.39 Å². The fraction of sp³-hybridized carbons (Fsp3) is 0.400. The Morgan fingerprint density at radius 3 is 2.61 bits per heavy atom. The van der Waals surface area contributed by atoms with Gasteiger partial charge in [0.2, 0.25) is 5.43 Å². The number of likely N-dealkylation sites (N-methyl/N-ethyl adjacent to an activating group) is 1. The molecule has 1 saturated carbocycles. The third-order valence-electron chi connectivity index (χ3n) is 5.71. The van der Waals surface area contributed by atoms with E-state index in [1.165, 1.54) is 6.20 Å². The Morgan fingerprint density at radius 2 is 1.96 bits per heavy atom. The van der Waals surface area contributed by atoms with Gasteiger partial charge in [-0.3, -0.25) is 4.79 Å². The van der Waals surface area contributed by atoms with E-state index in [-0.39, 0.29) is 16.9 Å². The van der Waals surface area contributed by atoms with Gasteiger partial charge in [-0.15, -0.1) is 0 Å². The first-order chi connectivity index (χ1) is 13.4. The van der Waals surface area contributed by atoms with Crippen molar-refractivity contribution < 1.29 is 19.0 Å². The van der Waals surface area contributed by atoms with Crippen molar-refractivity contribution in [2.45, 2.75) is 12.8 Å². The number of anilines is 1. The summed E-state index contributed by atoms with van der Waals surface area (Å²) < 4.78 is 23.0. The second-order valence-electron chi connectivity index (χ2n) is 7.71. The van der Waals surface area contributed by atoms with Crippen LogP contribution in [0, 0.1) is 11.7 Å². The van der Waals surface area contributed by atoms with Crippen LogP contribution in [0.2, 0.25) is 0 Å². The Bertz CT molecular complexity index is 1100. The average Bonchev–Trinajstić information content (AvgIpc) is 3.50. The number of hydrogen-bond acceptors (Lipinski definition) is 5. The van der Waals surface area contributed by atoms with Gasteiger partial charge in [0.25, 0.3) is 0 Å². The van der Waals surface area contributed by atoms with E-state index >= 15 is 4.39 Å². The molecule has 0 bridgehead atoms. The number of piperazine rings is 1. The molecule has 1 saturated heterocycles. The summed E-state index contributed by atoms with van der Waals surface area (Å²) in [5, 5.41) is 9.42. The molecule has 0 unspecified atom stereocenters. The molecule has 0 amide bonds. The fourth-order valence-electron chi connectivity index (χ4n) is 3.96. The summed E-state index contributed by atoms with van der Waals surface area (Å²) in [4.78, 5) is 28.3. The predicted octanol–water partition coefficient (Wildman–Crippen LogP) is 2.19. The number of rotatable bonds is 3. The summed E-state index contributed by atoms with van der Waals surface area (Å²) in [5.74, 6) is -0.629. The Balaban J connectivity index is 1.78. The number of aromatic nitrogens is 1. The van der Waals surface area contributed by atoms with Crippen LogP contribution in [0.25, 0.3) is 17.1 Å². The van der Waals surface area contributed by atoms with Crippen molar-refractivity contribution in [3.63, 3.8) is 0 Å². The smallest absolute Gasteiger partial charge is 0.341 e. The van der Waals surface area contributed by atoms with Crippen LogP contribution in [0.1, 0.15) is 23.2 Å². The number of hydrogen-bond donors (Lipinski definition) is 1. The molecule has 146 valence electrons. The Hall–Kier alpha value is -2.87. The molecule has 1 N–H and O–H groups in total. The highest BCUT2D eigenvalue weighted by Crippen LogP contribution is 2.46. The van der Waals surface area contributed by atoms with Crippen LogP contribution in [0.4, 0.5) is 10.1 Å². The highest BCUT2D eigenvalue weighted by Gasteiger charge is 2.34. The molecule has 0 spiro atoms. The minimum atomic E-state index is -1.33. The monoisotopic (exact) mass is 385 g/mol. The summed E-state index contributed by atoms with van der Waals surface area (Å²) in [6.45, 7) is 2.89. The van der Waals surface area contributed by atoms with E-state index in [0.29, 0.717) is 35.8 Å². The van der Waals surface area contributed by atoms with Crippen molar-refractivity contribution in [3.8, 4) is 5.75 Å². The first kappa shape index (κ1) is 17.2. The number of carboxylic acid groups (broad SMARTS) is 1. The zero-order valence-corrected chi connectivity index (χ0v) is 15.4. The minimum Gasteiger partial charge on any atom is -0.477 e. The maximum atomic E-state index is 15.2. The van der Waals surface area contributed by atoms with Gasteiger partial charge in [0, 0.05) is 44.5 Å². The van der Waals surface area contributed by atoms with Crippen LogP contribution in [-0.4, -0.2) is 53.8 Å². The molecule has 5 rings (SSSR count). The number of ether oxygens (including phenoxy) is 1. The number of benzene rings is 1. The Kier molecular flexibility index (Phi) is 3.74. The van der Waals surface area contributed by atoms with E-state index in [1.807, 2.05) is 11.9 Å². The molecule has 2 fully saturated rings. The maximum Gasteiger partial charge on any atom is 0.341 e. The molecule has 28 heavy (non-hydrogen) atoms. The zero-order valence-electron chi connectivity index (χ0n) is 15.4. The lowest BCUT2D eigenvalue weighted by molar-refractivity contribution is 0.0695. The van der Waals surface area contributed by atoms with E-state index in [4.69, 9.17) is 4.74 Å². The molecule has 2 aromatic rings. The van der Waals surface area contributed by atoms with E-state index in [2.05, 4.69) is 4.90 Å². The number of pyridine rings is 1. The number of nitrogens with zero attached hydrogens (tertiary/aromatic N) is 3. The highest BCUT2D eigenvalue weighted by molar-refractivity contribution is 5.98. The van der Waals surface area contributed by atoms with E-state index < -0.39 is 17.2 Å². The molecule has 0 radical (unpaired) electrons. The van der Waals surface area contributed by atoms with Crippen molar-refractivity contribution in [2.24, 2.45) is 5.92 Å². The summed E-state index contributed by atoms with van der Waals surface area (Å²) in [6, 6.07) is 1.15. The lowest BCUT2D eigenvalue weighted by atomic mass is 10.1. The quantitative estimate of drug-likeness (QED) is 0.873. The van der Waals surface area contributed by atoms with Crippen LogP contribution in [-0.2, 0) is 0 Å². The van der Waals surface area contributed by atoms with Gasteiger partial charge < -0.3 is 24.2 Å². The largest absolute Gasteiger partial charge is 0.477 e. The first-order valence-corrected chi connectivity index (χ1v) is 9.41. The van der Waals surface area contributed by atoms with Gasteiger partial charge in [-0.1, -0.05) is 0 Å². The Morgan fingerprint density at radius 1 is 1.25 bits per heavy atom. The van der Waals surface area contributed by atoms with Gasteiger partial charge >= 0.3 is 5.97 Å². The van der Waals surface area contributed by atoms with Crippen LogP contribution in [0.5, 0.6) is 5.75 Å². The first-order valence-electron chi connectivity index (χ1n) is 9.41. The molecule has 1 aromatic heterocycles. The van der Waals surface area contributed by atoms with Crippen molar-refractivity contribution >= 4 is 28.8 Å². The third kappa shape index (κ3) is 2.59. The molecule has 1 aliphatic carbocycles. The Labute approximate surface area is 160 Å². The van der Waals surface area contributed by atoms with E-state index in [0.717, 1.165) is 32.0 Å². The van der Waals surface area contributed by atoms with Crippen LogP contribution >= 0.6 is 0 Å². The molecule has 8 heteroatoms. The van der Waals surface area contributed by atoms with Gasteiger partial charge in [0.1, 0.15) is 22.5 Å². The van der Waals surface area contributed by atoms with Gasteiger partial charge in [-0.05, 0) is 26.0 Å². The second kappa shape index (κ2) is 6.07. The maximum absolute atomic E-state index is 15.2. The van der Waals surface area contributed by atoms with E-state index in [9.17, 15) is 14.7 Å². The number of halogens is 1. The van der Waals surface area contributed by atoms with Crippen molar-refractivity contribution in [1.29, 1.82) is 0 Å². The van der Waals surface area contributed by atoms with Gasteiger partial charge in [0.15, 0.2) is 11.6 Å². The summed E-state index contributed by atoms with van der Waals surface area (Å²) in [5.41, 5.74) is -0.299. The molecule has 7 nitrogen and oxygen atoms in total. The molecular formula is C20H20FN3O4. The lowest BCUT2D eigenvalue weighted by Gasteiger charge is -2.36. The number of carbonyl (C=O) groups is 1. The highest BCUT2D eigenvalue weighted by atomic mass is 19.1. The van der Waals surface area contributed by atoms with Crippen LogP contribution < -0.4 is 15.1 Å². The third-order valence-corrected chi connectivity index (χ3v) is 5.71. The standard InChI is InChI=1S/C20H20FN3O4/c1-22-4-6-23(7-5-22)17-14(21)8-12-16-19(17)28-15(11-2-3-11)10-24(16)9-13(18(12)25)20(26)27/h8-11H,2-7H2,1H3,(H,26,27). The van der Waals surface area contributed by atoms with Crippen LogP contribution in [0.15, 0.2) is 22.8 Å². The topological polar surface area (TPSA) is 75.0 Å². The molecule has 2 aliphatic heterocycles. The second-order valence-corrected chi connectivity index (χ2v) is 7.71. The molecular weight excluding hydrogens is 365 g/mol. The fourth-order valence-corrected chi connectivity index (χ4v) is 3.96. The van der Waals surface area contributed by atoms with Gasteiger partial charge in [-0.25, -0.2) is 9.18 Å². The SMILES string of the molecule is CN1CCN(c2c(F)cc3c(=O)c(C(=O)O)cn4c3c2OC(C2CC2)=C4)CC1. The summed E-state index contributed by atoms with van der Waals surface area (Å²) >= 11 is 0. The minimum absolute atomic E-state index is 0.0244. The van der Waals surface area contributed by atoms with E-state index in [1.54, 1.807) is 10.8 Å². The van der Waals surface area contributed by atoms with Crippen molar-refractivity contribution in [2.75, 3.05) is 38.1 Å². The molecule has 1 aromatic carbocycles. The van der Waals surface area contributed by atoms with Crippen LogP contribution in [0.3, 0.4) is 0 Å². The number of aromatic carboxylic acids is 1. The molecule has 0 atom stereocenters. The average molecular weight is 385 g/mol. The van der Waals surface area contributed by atoms with Gasteiger partial charge in [-0.2, -0.15) is 0 Å². The molecule has 3 aliphatic rings. The molecule has 3 heterocycles. The van der Waals surface area contributed by atoms with Crippen molar-refractivity contribution in [1.82, 2.24) is 9.47 Å². The predicted molar refractivity (Wildman–Crippen MR) is 102 cm³/mol. The summed E-state index contributed by atoms with van der Waals surface area (Å²) in [7, 11) is 2.02.